The standard InChI is InChI=1S/C24H32F2O/c1-17-7-9-18(10-8-17)5-3-4-6-19-11-13-20(14-12-19)21-15-16-22(27-2)24(26)23(21)25/h4,6,13,15-19H,3,5,7-12,14H2,1-2H3/b6-4+. The first-order chi connectivity index (χ1) is 13.1. The molecular formula is C24H32F2O. The summed E-state index contributed by atoms with van der Waals surface area (Å²) < 4.78 is 33.1. The van der Waals surface area contributed by atoms with Crippen LogP contribution in [0.3, 0.4) is 0 Å². The molecule has 0 spiro atoms. The van der Waals surface area contributed by atoms with Gasteiger partial charge in [0, 0.05) is 5.56 Å². The number of ether oxygens (including phenoxy) is 1. The quantitative estimate of drug-likeness (QED) is 0.474. The van der Waals surface area contributed by atoms with Gasteiger partial charge in [0.2, 0.25) is 5.82 Å². The van der Waals surface area contributed by atoms with Gasteiger partial charge in [-0.15, -0.1) is 0 Å². The summed E-state index contributed by atoms with van der Waals surface area (Å²) in [5, 5.41) is 0. The Morgan fingerprint density at radius 2 is 1.85 bits per heavy atom. The Morgan fingerprint density at radius 3 is 2.52 bits per heavy atom. The van der Waals surface area contributed by atoms with E-state index in [4.69, 9.17) is 4.74 Å². The minimum absolute atomic E-state index is 0.0408. The predicted octanol–water partition coefficient (Wildman–Crippen LogP) is 7.32. The normalized spacial score (nSPS) is 26.2. The molecule has 1 aromatic rings. The molecule has 3 heteroatoms. The Balaban J connectivity index is 1.49. The van der Waals surface area contributed by atoms with Crippen LogP contribution in [0.15, 0.2) is 30.4 Å². The van der Waals surface area contributed by atoms with Crippen LogP contribution in [0.5, 0.6) is 5.75 Å². The molecule has 2 aliphatic carbocycles. The van der Waals surface area contributed by atoms with Crippen LogP contribution in [0, 0.1) is 29.4 Å². The summed E-state index contributed by atoms with van der Waals surface area (Å²) in [6.45, 7) is 2.37. The van der Waals surface area contributed by atoms with E-state index in [2.05, 4.69) is 25.2 Å². The van der Waals surface area contributed by atoms with Crippen molar-refractivity contribution in [2.75, 3.05) is 7.11 Å². The highest BCUT2D eigenvalue weighted by atomic mass is 19.2. The molecule has 1 unspecified atom stereocenters. The van der Waals surface area contributed by atoms with Gasteiger partial charge in [0.1, 0.15) is 0 Å². The molecule has 1 fully saturated rings. The largest absolute Gasteiger partial charge is 0.494 e. The lowest BCUT2D eigenvalue weighted by atomic mass is 9.81. The smallest absolute Gasteiger partial charge is 0.201 e. The Labute approximate surface area is 162 Å². The molecule has 0 amide bonds. The van der Waals surface area contributed by atoms with Gasteiger partial charge in [0.25, 0.3) is 0 Å². The molecule has 0 N–H and O–H groups in total. The second-order valence-corrected chi connectivity index (χ2v) is 8.34. The Morgan fingerprint density at radius 1 is 1.07 bits per heavy atom. The van der Waals surface area contributed by atoms with Gasteiger partial charge < -0.3 is 4.74 Å². The van der Waals surface area contributed by atoms with Crippen LogP contribution in [0.1, 0.15) is 70.3 Å². The van der Waals surface area contributed by atoms with E-state index in [-0.39, 0.29) is 5.75 Å². The highest BCUT2D eigenvalue weighted by Gasteiger charge is 2.20. The fourth-order valence-electron chi connectivity index (χ4n) is 4.45. The van der Waals surface area contributed by atoms with Crippen molar-refractivity contribution < 1.29 is 13.5 Å². The van der Waals surface area contributed by atoms with E-state index < -0.39 is 11.6 Å². The predicted molar refractivity (Wildman–Crippen MR) is 108 cm³/mol. The zero-order valence-corrected chi connectivity index (χ0v) is 16.6. The fourth-order valence-corrected chi connectivity index (χ4v) is 4.45. The van der Waals surface area contributed by atoms with Crippen molar-refractivity contribution in [2.45, 2.75) is 64.7 Å². The summed E-state index contributed by atoms with van der Waals surface area (Å²) in [6, 6.07) is 3.14. The van der Waals surface area contributed by atoms with Crippen molar-refractivity contribution in [3.8, 4) is 5.75 Å². The lowest BCUT2D eigenvalue weighted by Gasteiger charge is -2.25. The van der Waals surface area contributed by atoms with Gasteiger partial charge in [0.05, 0.1) is 7.11 Å². The molecule has 1 aromatic carbocycles. The van der Waals surface area contributed by atoms with Gasteiger partial charge in [0.15, 0.2) is 11.6 Å². The molecular weight excluding hydrogens is 342 g/mol. The molecule has 0 heterocycles. The number of hydrogen-bond acceptors (Lipinski definition) is 1. The van der Waals surface area contributed by atoms with E-state index in [1.807, 2.05) is 0 Å². The van der Waals surface area contributed by atoms with Crippen LogP contribution >= 0.6 is 0 Å². The fraction of sp³-hybridized carbons (Fsp3) is 0.583. The van der Waals surface area contributed by atoms with Crippen molar-refractivity contribution in [1.29, 1.82) is 0 Å². The lowest BCUT2D eigenvalue weighted by molar-refractivity contribution is 0.279. The van der Waals surface area contributed by atoms with Crippen molar-refractivity contribution in [3.63, 3.8) is 0 Å². The van der Waals surface area contributed by atoms with E-state index in [1.54, 1.807) is 6.07 Å². The maximum Gasteiger partial charge on any atom is 0.201 e. The number of rotatable bonds is 6. The zero-order chi connectivity index (χ0) is 19.2. The third-order valence-corrected chi connectivity index (χ3v) is 6.35. The molecule has 1 saturated carbocycles. The van der Waals surface area contributed by atoms with Crippen LogP contribution < -0.4 is 4.74 Å². The van der Waals surface area contributed by atoms with E-state index in [1.165, 1.54) is 51.7 Å². The molecule has 0 aliphatic heterocycles. The highest BCUT2D eigenvalue weighted by Crippen LogP contribution is 2.35. The van der Waals surface area contributed by atoms with Crippen molar-refractivity contribution >= 4 is 5.57 Å². The second kappa shape index (κ2) is 9.52. The maximum atomic E-state index is 14.3. The molecule has 27 heavy (non-hydrogen) atoms. The first-order valence-corrected chi connectivity index (χ1v) is 10.5. The lowest BCUT2D eigenvalue weighted by Crippen LogP contribution is -2.11. The number of benzene rings is 1. The van der Waals surface area contributed by atoms with Gasteiger partial charge in [-0.2, -0.15) is 4.39 Å². The maximum absolute atomic E-state index is 14.3. The van der Waals surface area contributed by atoms with Crippen LogP contribution in [0.25, 0.3) is 5.57 Å². The van der Waals surface area contributed by atoms with Crippen LogP contribution in [0.4, 0.5) is 8.78 Å². The second-order valence-electron chi connectivity index (χ2n) is 8.34. The van der Waals surface area contributed by atoms with E-state index in [0.29, 0.717) is 11.5 Å². The molecule has 0 radical (unpaired) electrons. The van der Waals surface area contributed by atoms with Crippen LogP contribution in [-0.2, 0) is 0 Å². The van der Waals surface area contributed by atoms with Crippen LogP contribution in [-0.4, -0.2) is 7.11 Å². The molecule has 1 nitrogen and oxygen atoms in total. The Bertz CT molecular complexity index is 684. The highest BCUT2D eigenvalue weighted by molar-refractivity contribution is 5.67. The topological polar surface area (TPSA) is 9.23 Å². The van der Waals surface area contributed by atoms with Crippen molar-refractivity contribution in [2.24, 2.45) is 17.8 Å². The van der Waals surface area contributed by atoms with Gasteiger partial charge >= 0.3 is 0 Å². The minimum atomic E-state index is -0.893. The summed E-state index contributed by atoms with van der Waals surface area (Å²) >= 11 is 0. The first-order valence-electron chi connectivity index (χ1n) is 10.5. The molecule has 2 aliphatic rings. The van der Waals surface area contributed by atoms with Crippen molar-refractivity contribution in [1.82, 2.24) is 0 Å². The number of hydrogen-bond donors (Lipinski definition) is 0. The third kappa shape index (κ3) is 5.21. The van der Waals surface area contributed by atoms with Gasteiger partial charge in [-0.1, -0.05) is 50.8 Å². The summed E-state index contributed by atoms with van der Waals surface area (Å²) in [5.41, 5.74) is 1.29. The van der Waals surface area contributed by atoms with Crippen molar-refractivity contribution in [3.05, 3.63) is 47.6 Å². The van der Waals surface area contributed by atoms with Gasteiger partial charge in [-0.3, -0.25) is 0 Å². The summed E-state index contributed by atoms with van der Waals surface area (Å²) in [5.74, 6) is 0.624. The summed E-state index contributed by atoms with van der Waals surface area (Å²) in [7, 11) is 1.35. The summed E-state index contributed by atoms with van der Waals surface area (Å²) in [4.78, 5) is 0. The zero-order valence-electron chi connectivity index (χ0n) is 16.6. The molecule has 1 atom stereocenters. The minimum Gasteiger partial charge on any atom is -0.494 e. The monoisotopic (exact) mass is 374 g/mol. The summed E-state index contributed by atoms with van der Waals surface area (Å²) in [6.07, 6.45) is 17.5. The van der Waals surface area contributed by atoms with E-state index in [9.17, 15) is 8.78 Å². The average Bonchev–Trinajstić information content (AvgIpc) is 2.69. The number of halogens is 2. The number of methoxy groups -OCH3 is 1. The molecule has 3 rings (SSSR count). The van der Waals surface area contributed by atoms with E-state index >= 15 is 0 Å². The molecule has 0 saturated heterocycles. The Kier molecular flexibility index (Phi) is 7.09. The first kappa shape index (κ1) is 20.1. The number of allylic oxidation sites excluding steroid dienone is 4. The molecule has 0 bridgehead atoms. The van der Waals surface area contributed by atoms with Gasteiger partial charge in [-0.25, -0.2) is 4.39 Å². The SMILES string of the molecule is COc1ccc(C2=CCC(/C=C/CCC3CCC(C)CC3)CC2)c(F)c1F. The average molecular weight is 375 g/mol. The van der Waals surface area contributed by atoms with Crippen LogP contribution in [0.2, 0.25) is 0 Å². The third-order valence-electron chi connectivity index (χ3n) is 6.35. The molecule has 148 valence electrons. The van der Waals surface area contributed by atoms with E-state index in [0.717, 1.165) is 36.7 Å². The molecule has 0 aromatic heterocycles. The van der Waals surface area contributed by atoms with Gasteiger partial charge in [-0.05, 0) is 67.6 Å². The Hall–Kier alpha value is -1.64.